The number of benzene rings is 1. The molecule has 1 aromatic rings. The van der Waals surface area contributed by atoms with Crippen LogP contribution in [-0.4, -0.2) is 17.8 Å². The SMILES string of the molecule is OCC1=C2CC(C=C1)Oc1ccccc12. The molecule has 1 atom stereocenters. The summed E-state index contributed by atoms with van der Waals surface area (Å²) in [5, 5.41) is 9.28. The van der Waals surface area contributed by atoms with Gasteiger partial charge in [0.2, 0.25) is 0 Å². The first-order valence-electron chi connectivity index (χ1n) is 5.15. The van der Waals surface area contributed by atoms with Crippen LogP contribution in [0.2, 0.25) is 0 Å². The van der Waals surface area contributed by atoms with Crippen LogP contribution in [0.5, 0.6) is 5.75 Å². The minimum atomic E-state index is 0.104. The number of rotatable bonds is 1. The van der Waals surface area contributed by atoms with Crippen LogP contribution in [0, 0.1) is 0 Å². The third-order valence-corrected chi connectivity index (χ3v) is 2.97. The van der Waals surface area contributed by atoms with Crippen LogP contribution in [0.15, 0.2) is 42.0 Å². The van der Waals surface area contributed by atoms with Crippen LogP contribution in [0.3, 0.4) is 0 Å². The molecule has 2 aliphatic rings. The summed E-state index contributed by atoms with van der Waals surface area (Å²) in [6.45, 7) is 0.104. The monoisotopic (exact) mass is 200 g/mol. The zero-order chi connectivity index (χ0) is 10.3. The third-order valence-electron chi connectivity index (χ3n) is 2.97. The van der Waals surface area contributed by atoms with Crippen molar-refractivity contribution in [3.8, 4) is 5.75 Å². The summed E-state index contributed by atoms with van der Waals surface area (Å²) in [6, 6.07) is 8.01. The highest BCUT2D eigenvalue weighted by molar-refractivity contribution is 5.78. The highest BCUT2D eigenvalue weighted by atomic mass is 16.5. The molecule has 1 aliphatic heterocycles. The summed E-state index contributed by atoms with van der Waals surface area (Å²) in [7, 11) is 0. The molecule has 0 saturated heterocycles. The maximum atomic E-state index is 9.28. The lowest BCUT2D eigenvalue weighted by Crippen LogP contribution is -2.23. The van der Waals surface area contributed by atoms with E-state index in [4.69, 9.17) is 4.74 Å². The van der Waals surface area contributed by atoms with Crippen molar-refractivity contribution in [1.29, 1.82) is 0 Å². The van der Waals surface area contributed by atoms with E-state index in [2.05, 4.69) is 6.07 Å². The van der Waals surface area contributed by atoms with Crippen LogP contribution in [0.4, 0.5) is 0 Å². The van der Waals surface area contributed by atoms with E-state index in [9.17, 15) is 5.11 Å². The number of aliphatic hydroxyl groups excluding tert-OH is 1. The predicted molar refractivity (Wildman–Crippen MR) is 58.6 cm³/mol. The van der Waals surface area contributed by atoms with E-state index in [-0.39, 0.29) is 12.7 Å². The molecular weight excluding hydrogens is 188 g/mol. The molecule has 0 spiro atoms. The molecule has 76 valence electrons. The zero-order valence-corrected chi connectivity index (χ0v) is 8.31. The molecule has 15 heavy (non-hydrogen) atoms. The lowest BCUT2D eigenvalue weighted by Gasteiger charge is -2.30. The zero-order valence-electron chi connectivity index (χ0n) is 8.31. The second-order valence-electron chi connectivity index (χ2n) is 3.88. The Morgan fingerprint density at radius 3 is 3.07 bits per heavy atom. The molecule has 0 amide bonds. The van der Waals surface area contributed by atoms with Crippen LogP contribution in [0.25, 0.3) is 5.57 Å². The number of fused-ring (bicyclic) bond motifs is 4. The van der Waals surface area contributed by atoms with Gasteiger partial charge in [0.25, 0.3) is 0 Å². The van der Waals surface area contributed by atoms with Crippen molar-refractivity contribution in [2.75, 3.05) is 6.61 Å². The molecule has 1 N–H and O–H groups in total. The first-order valence-corrected chi connectivity index (χ1v) is 5.15. The van der Waals surface area contributed by atoms with Gasteiger partial charge in [0.15, 0.2) is 0 Å². The third kappa shape index (κ3) is 1.29. The summed E-state index contributed by atoms with van der Waals surface area (Å²) in [6.07, 6.45) is 5.01. The number of para-hydroxylation sites is 1. The second kappa shape index (κ2) is 3.24. The molecule has 0 aromatic heterocycles. The van der Waals surface area contributed by atoms with Gasteiger partial charge in [0.1, 0.15) is 11.9 Å². The molecule has 1 aliphatic carbocycles. The fraction of sp³-hybridized carbons (Fsp3) is 0.231. The maximum absolute atomic E-state index is 9.28. The van der Waals surface area contributed by atoms with Gasteiger partial charge in [-0.3, -0.25) is 0 Å². The first kappa shape index (κ1) is 8.74. The van der Waals surface area contributed by atoms with Crippen LogP contribution < -0.4 is 4.74 Å². The van der Waals surface area contributed by atoms with E-state index in [0.29, 0.717) is 0 Å². The van der Waals surface area contributed by atoms with Gasteiger partial charge < -0.3 is 9.84 Å². The Hall–Kier alpha value is -1.54. The van der Waals surface area contributed by atoms with Crippen LogP contribution in [0.1, 0.15) is 12.0 Å². The molecule has 2 bridgehead atoms. The van der Waals surface area contributed by atoms with Gasteiger partial charge in [0, 0.05) is 12.0 Å². The van der Waals surface area contributed by atoms with Gasteiger partial charge in [-0.1, -0.05) is 24.3 Å². The number of hydrogen-bond acceptors (Lipinski definition) is 2. The fourth-order valence-corrected chi connectivity index (χ4v) is 2.22. The van der Waals surface area contributed by atoms with Crippen molar-refractivity contribution in [3.05, 3.63) is 47.6 Å². The van der Waals surface area contributed by atoms with E-state index >= 15 is 0 Å². The second-order valence-corrected chi connectivity index (χ2v) is 3.88. The van der Waals surface area contributed by atoms with Gasteiger partial charge >= 0.3 is 0 Å². The lowest BCUT2D eigenvalue weighted by atomic mass is 9.88. The maximum Gasteiger partial charge on any atom is 0.127 e. The van der Waals surface area contributed by atoms with E-state index in [0.717, 1.165) is 23.3 Å². The van der Waals surface area contributed by atoms with Crippen molar-refractivity contribution >= 4 is 5.57 Å². The standard InChI is InChI=1S/C13H12O2/c14-8-9-5-6-10-7-12(9)11-3-1-2-4-13(11)15-10/h1-6,10,14H,7-8H2. The Morgan fingerprint density at radius 1 is 1.33 bits per heavy atom. The van der Waals surface area contributed by atoms with Gasteiger partial charge in [-0.05, 0) is 23.3 Å². The van der Waals surface area contributed by atoms with Crippen molar-refractivity contribution < 1.29 is 9.84 Å². The lowest BCUT2D eigenvalue weighted by molar-refractivity contribution is 0.242. The topological polar surface area (TPSA) is 29.5 Å². The van der Waals surface area contributed by atoms with Crippen molar-refractivity contribution in [2.24, 2.45) is 0 Å². The predicted octanol–water partition coefficient (Wildman–Crippen LogP) is 2.15. The number of ether oxygens (including phenoxy) is 1. The van der Waals surface area contributed by atoms with Gasteiger partial charge in [-0.15, -0.1) is 0 Å². The molecule has 0 fully saturated rings. The average Bonchev–Trinajstić information content (AvgIpc) is 2.30. The molecule has 1 unspecified atom stereocenters. The Morgan fingerprint density at radius 2 is 2.20 bits per heavy atom. The minimum Gasteiger partial charge on any atom is -0.485 e. The normalized spacial score (nSPS) is 22.3. The van der Waals surface area contributed by atoms with E-state index in [1.807, 2.05) is 30.4 Å². The van der Waals surface area contributed by atoms with E-state index in [1.54, 1.807) is 0 Å². The molecule has 2 nitrogen and oxygen atoms in total. The number of aliphatic hydroxyl groups is 1. The van der Waals surface area contributed by atoms with E-state index in [1.165, 1.54) is 5.57 Å². The quantitative estimate of drug-likeness (QED) is 0.752. The van der Waals surface area contributed by atoms with Crippen LogP contribution >= 0.6 is 0 Å². The van der Waals surface area contributed by atoms with Gasteiger partial charge in [0.05, 0.1) is 6.61 Å². The summed E-state index contributed by atoms with van der Waals surface area (Å²) >= 11 is 0. The molecule has 3 rings (SSSR count). The Balaban J connectivity index is 2.21. The highest BCUT2D eigenvalue weighted by Gasteiger charge is 2.26. The Kier molecular flexibility index (Phi) is 1.89. The molecule has 1 aromatic carbocycles. The summed E-state index contributed by atoms with van der Waals surface area (Å²) in [5.74, 6) is 0.930. The summed E-state index contributed by atoms with van der Waals surface area (Å²) in [4.78, 5) is 0. The molecular formula is C13H12O2. The van der Waals surface area contributed by atoms with Crippen molar-refractivity contribution in [2.45, 2.75) is 12.5 Å². The molecule has 1 heterocycles. The molecule has 2 heteroatoms. The van der Waals surface area contributed by atoms with Crippen molar-refractivity contribution in [1.82, 2.24) is 0 Å². The summed E-state index contributed by atoms with van der Waals surface area (Å²) < 4.78 is 5.79. The number of hydrogen-bond donors (Lipinski definition) is 1. The Bertz CT molecular complexity index is 457. The smallest absolute Gasteiger partial charge is 0.127 e. The van der Waals surface area contributed by atoms with Crippen LogP contribution in [-0.2, 0) is 0 Å². The summed E-state index contributed by atoms with van der Waals surface area (Å²) in [5.41, 5.74) is 3.37. The van der Waals surface area contributed by atoms with Gasteiger partial charge in [-0.2, -0.15) is 0 Å². The minimum absolute atomic E-state index is 0.104. The molecule has 0 radical (unpaired) electrons. The van der Waals surface area contributed by atoms with Gasteiger partial charge in [-0.25, -0.2) is 0 Å². The fourth-order valence-electron chi connectivity index (χ4n) is 2.22. The van der Waals surface area contributed by atoms with Crippen molar-refractivity contribution in [3.63, 3.8) is 0 Å². The Labute approximate surface area is 88.5 Å². The van der Waals surface area contributed by atoms with E-state index < -0.39 is 0 Å². The average molecular weight is 200 g/mol. The molecule has 0 saturated carbocycles. The highest BCUT2D eigenvalue weighted by Crippen LogP contribution is 2.39. The largest absolute Gasteiger partial charge is 0.485 e. The first-order chi connectivity index (χ1) is 7.38.